The fraction of sp³-hybridized carbons (Fsp3) is 0.462. The Balaban J connectivity index is 1.41. The number of aromatic nitrogens is 4. The molecule has 3 heterocycles. The lowest BCUT2D eigenvalue weighted by Gasteiger charge is -2.32. The van der Waals surface area contributed by atoms with Gasteiger partial charge in [0.2, 0.25) is 0 Å². The van der Waals surface area contributed by atoms with Crippen molar-refractivity contribution in [3.63, 3.8) is 0 Å². The van der Waals surface area contributed by atoms with E-state index >= 15 is 0 Å². The maximum atomic E-state index is 12.7. The summed E-state index contributed by atoms with van der Waals surface area (Å²) in [6, 6.07) is 9.90. The van der Waals surface area contributed by atoms with Gasteiger partial charge in [0, 0.05) is 49.6 Å². The third kappa shape index (κ3) is 5.30. The number of aryl methyl sites for hydroxylation is 3. The highest BCUT2D eigenvalue weighted by atomic mass is 16.1. The predicted octanol–water partition coefficient (Wildman–Crippen LogP) is 3.93. The van der Waals surface area contributed by atoms with E-state index in [-0.39, 0.29) is 11.8 Å². The van der Waals surface area contributed by atoms with Crippen LogP contribution in [-0.2, 0) is 19.6 Å². The van der Waals surface area contributed by atoms with E-state index in [1.54, 1.807) is 6.20 Å². The van der Waals surface area contributed by atoms with Crippen LogP contribution in [0.2, 0.25) is 0 Å². The fourth-order valence-electron chi connectivity index (χ4n) is 4.68. The van der Waals surface area contributed by atoms with Crippen molar-refractivity contribution >= 4 is 5.91 Å². The van der Waals surface area contributed by atoms with Crippen molar-refractivity contribution < 1.29 is 4.79 Å². The summed E-state index contributed by atoms with van der Waals surface area (Å²) in [6.07, 6.45) is 3.88. The van der Waals surface area contributed by atoms with Crippen molar-refractivity contribution in [2.75, 3.05) is 13.1 Å². The normalized spacial score (nSPS) is 16.7. The first-order valence-electron chi connectivity index (χ1n) is 11.9. The molecule has 2 aromatic heterocycles. The van der Waals surface area contributed by atoms with E-state index < -0.39 is 0 Å². The van der Waals surface area contributed by atoms with Gasteiger partial charge in [0.05, 0.1) is 17.0 Å². The number of piperidine rings is 1. The third-order valence-corrected chi connectivity index (χ3v) is 6.62. The van der Waals surface area contributed by atoms with Crippen LogP contribution in [0.25, 0.3) is 0 Å². The standard InChI is InChI=1S/C26H34N6O/c1-5-32-20(4)24(19(3)30-32)17-31-13-9-12-22(16-31)25-27-15-23(18(2)29-25)26(33)28-14-21-10-7-6-8-11-21/h6-8,10-11,15,22H,5,9,12-14,16-17H2,1-4H3,(H,28,33)/t22-/m1/s1. The lowest BCUT2D eigenvalue weighted by atomic mass is 9.96. The summed E-state index contributed by atoms with van der Waals surface area (Å²) in [5.41, 5.74) is 6.06. The Hall–Kier alpha value is -3.06. The molecular weight excluding hydrogens is 412 g/mol. The van der Waals surface area contributed by atoms with Crippen LogP contribution in [0.15, 0.2) is 36.5 Å². The minimum atomic E-state index is -0.132. The van der Waals surface area contributed by atoms with E-state index in [1.165, 1.54) is 11.3 Å². The van der Waals surface area contributed by atoms with Gasteiger partial charge in [-0.2, -0.15) is 5.10 Å². The monoisotopic (exact) mass is 446 g/mol. The Kier molecular flexibility index (Phi) is 7.18. The number of amides is 1. The van der Waals surface area contributed by atoms with Crippen LogP contribution in [0.5, 0.6) is 0 Å². The van der Waals surface area contributed by atoms with Crippen LogP contribution in [0, 0.1) is 20.8 Å². The van der Waals surface area contributed by atoms with Crippen molar-refractivity contribution in [3.05, 3.63) is 76.1 Å². The summed E-state index contributed by atoms with van der Waals surface area (Å²) < 4.78 is 2.08. The lowest BCUT2D eigenvalue weighted by Crippen LogP contribution is -2.35. The first kappa shape index (κ1) is 23.1. The molecule has 0 bridgehead atoms. The SMILES string of the molecule is CCn1nc(C)c(CN2CCC[C@@H](c3ncc(C(=O)NCc4ccccc4)c(C)n3)C2)c1C. The Morgan fingerprint density at radius 1 is 1.15 bits per heavy atom. The van der Waals surface area contributed by atoms with Crippen molar-refractivity contribution in [3.8, 4) is 0 Å². The number of likely N-dealkylation sites (tertiary alicyclic amines) is 1. The van der Waals surface area contributed by atoms with Crippen LogP contribution in [0.4, 0.5) is 0 Å². The van der Waals surface area contributed by atoms with E-state index in [9.17, 15) is 4.79 Å². The number of nitrogens with zero attached hydrogens (tertiary/aromatic N) is 5. The molecule has 0 radical (unpaired) electrons. The Morgan fingerprint density at radius 2 is 1.94 bits per heavy atom. The molecular formula is C26H34N6O. The number of benzene rings is 1. The minimum absolute atomic E-state index is 0.132. The van der Waals surface area contributed by atoms with E-state index in [4.69, 9.17) is 4.98 Å². The molecule has 1 fully saturated rings. The molecule has 1 aliphatic rings. The zero-order valence-electron chi connectivity index (χ0n) is 20.1. The van der Waals surface area contributed by atoms with Gasteiger partial charge in [0.25, 0.3) is 5.91 Å². The average molecular weight is 447 g/mol. The van der Waals surface area contributed by atoms with Gasteiger partial charge in [-0.25, -0.2) is 9.97 Å². The van der Waals surface area contributed by atoms with E-state index in [0.717, 1.165) is 61.8 Å². The van der Waals surface area contributed by atoms with E-state index in [0.29, 0.717) is 12.1 Å². The number of rotatable bonds is 7. The summed E-state index contributed by atoms with van der Waals surface area (Å²) >= 11 is 0. The van der Waals surface area contributed by atoms with Gasteiger partial charge in [0.15, 0.2) is 0 Å². The van der Waals surface area contributed by atoms with E-state index in [2.05, 4.69) is 45.8 Å². The number of hydrogen-bond acceptors (Lipinski definition) is 5. The molecule has 1 amide bonds. The van der Waals surface area contributed by atoms with Gasteiger partial charge >= 0.3 is 0 Å². The highest BCUT2D eigenvalue weighted by Crippen LogP contribution is 2.27. The highest BCUT2D eigenvalue weighted by molar-refractivity contribution is 5.94. The predicted molar refractivity (Wildman–Crippen MR) is 129 cm³/mol. The molecule has 0 unspecified atom stereocenters. The first-order valence-corrected chi connectivity index (χ1v) is 11.9. The molecule has 0 aliphatic carbocycles. The summed E-state index contributed by atoms with van der Waals surface area (Å²) in [5.74, 6) is 0.988. The average Bonchev–Trinajstić information content (AvgIpc) is 3.11. The first-order chi connectivity index (χ1) is 16.0. The molecule has 174 valence electrons. The second kappa shape index (κ2) is 10.3. The van der Waals surface area contributed by atoms with Gasteiger partial charge in [-0.1, -0.05) is 30.3 Å². The van der Waals surface area contributed by atoms with Crippen molar-refractivity contribution in [1.82, 2.24) is 30.0 Å². The zero-order valence-corrected chi connectivity index (χ0v) is 20.1. The topological polar surface area (TPSA) is 75.9 Å². The quantitative estimate of drug-likeness (QED) is 0.595. The van der Waals surface area contributed by atoms with Gasteiger partial charge in [-0.05, 0) is 52.6 Å². The maximum absolute atomic E-state index is 12.7. The molecule has 3 aromatic rings. The fourth-order valence-corrected chi connectivity index (χ4v) is 4.68. The summed E-state index contributed by atoms with van der Waals surface area (Å²) in [4.78, 5) is 24.5. The van der Waals surface area contributed by atoms with Crippen LogP contribution >= 0.6 is 0 Å². The van der Waals surface area contributed by atoms with Crippen molar-refractivity contribution in [2.24, 2.45) is 0 Å². The molecule has 1 aromatic carbocycles. The summed E-state index contributed by atoms with van der Waals surface area (Å²) in [5, 5.41) is 7.64. The van der Waals surface area contributed by atoms with E-state index in [1.807, 2.05) is 37.3 Å². The molecule has 1 N–H and O–H groups in total. The molecule has 4 rings (SSSR count). The number of nitrogens with one attached hydrogen (secondary N) is 1. The van der Waals surface area contributed by atoms with Gasteiger partial charge in [0.1, 0.15) is 5.82 Å². The molecule has 0 spiro atoms. The van der Waals surface area contributed by atoms with Crippen LogP contribution in [-0.4, -0.2) is 43.6 Å². The molecule has 7 heteroatoms. The molecule has 1 saturated heterocycles. The second-order valence-corrected chi connectivity index (χ2v) is 8.93. The Labute approximate surface area is 196 Å². The van der Waals surface area contributed by atoms with Crippen LogP contribution < -0.4 is 5.32 Å². The number of hydrogen-bond donors (Lipinski definition) is 1. The second-order valence-electron chi connectivity index (χ2n) is 8.93. The minimum Gasteiger partial charge on any atom is -0.348 e. The summed E-state index contributed by atoms with van der Waals surface area (Å²) in [6.45, 7) is 12.6. The van der Waals surface area contributed by atoms with Crippen molar-refractivity contribution in [2.45, 2.75) is 66.1 Å². The van der Waals surface area contributed by atoms with Gasteiger partial charge in [-0.15, -0.1) is 0 Å². The summed E-state index contributed by atoms with van der Waals surface area (Å²) in [7, 11) is 0. The molecule has 1 atom stereocenters. The number of carbonyl (C=O) groups is 1. The Morgan fingerprint density at radius 3 is 2.64 bits per heavy atom. The maximum Gasteiger partial charge on any atom is 0.254 e. The third-order valence-electron chi connectivity index (χ3n) is 6.62. The highest BCUT2D eigenvalue weighted by Gasteiger charge is 2.26. The molecule has 7 nitrogen and oxygen atoms in total. The van der Waals surface area contributed by atoms with Crippen molar-refractivity contribution in [1.29, 1.82) is 0 Å². The van der Waals surface area contributed by atoms with Crippen LogP contribution in [0.3, 0.4) is 0 Å². The van der Waals surface area contributed by atoms with Gasteiger partial charge < -0.3 is 5.32 Å². The molecule has 1 aliphatic heterocycles. The smallest absolute Gasteiger partial charge is 0.254 e. The van der Waals surface area contributed by atoms with Gasteiger partial charge in [-0.3, -0.25) is 14.4 Å². The molecule has 33 heavy (non-hydrogen) atoms. The van der Waals surface area contributed by atoms with Crippen LogP contribution in [0.1, 0.15) is 70.1 Å². The molecule has 0 saturated carbocycles. The lowest BCUT2D eigenvalue weighted by molar-refractivity contribution is 0.0949. The zero-order chi connectivity index (χ0) is 23.4. The largest absolute Gasteiger partial charge is 0.348 e. The Bertz CT molecular complexity index is 1110. The number of carbonyl (C=O) groups excluding carboxylic acids is 1.